The number of benzene rings is 2. The third kappa shape index (κ3) is 3.52. The Balaban J connectivity index is 2.15. The highest BCUT2D eigenvalue weighted by molar-refractivity contribution is 6.08. The molecule has 102 valence electrons. The second kappa shape index (κ2) is 6.63. The molecule has 0 radical (unpaired) electrons. The van der Waals surface area contributed by atoms with Gasteiger partial charge in [-0.25, -0.2) is 4.39 Å². The molecule has 0 bridgehead atoms. The highest BCUT2D eigenvalue weighted by Gasteiger charge is 1.99. The zero-order valence-electron chi connectivity index (χ0n) is 10.9. The van der Waals surface area contributed by atoms with Crippen molar-refractivity contribution in [3.8, 4) is 0 Å². The third-order valence-electron chi connectivity index (χ3n) is 2.92. The second-order valence-electron chi connectivity index (χ2n) is 4.30. The van der Waals surface area contributed by atoms with Crippen LogP contribution in [0.3, 0.4) is 0 Å². The first-order valence-electron chi connectivity index (χ1n) is 6.25. The lowest BCUT2D eigenvalue weighted by Crippen LogP contribution is -1.97. The average Bonchev–Trinajstić information content (AvgIpc) is 2.50. The fourth-order valence-corrected chi connectivity index (χ4v) is 1.75. The van der Waals surface area contributed by atoms with E-state index in [4.69, 9.17) is 11.1 Å². The van der Waals surface area contributed by atoms with Gasteiger partial charge in [0.2, 0.25) is 0 Å². The highest BCUT2D eigenvalue weighted by Crippen LogP contribution is 2.15. The molecule has 0 unspecified atom stereocenters. The summed E-state index contributed by atoms with van der Waals surface area (Å²) in [5, 5.41) is 10.5. The van der Waals surface area contributed by atoms with E-state index in [1.54, 1.807) is 18.3 Å². The predicted octanol–water partition coefficient (Wildman–Crippen LogP) is 3.39. The molecule has 0 atom stereocenters. The molecule has 0 aromatic heterocycles. The lowest BCUT2D eigenvalue weighted by molar-refractivity contribution is 0.628. The molecule has 2 aromatic carbocycles. The van der Waals surface area contributed by atoms with Crippen LogP contribution in [-0.2, 0) is 6.54 Å². The van der Waals surface area contributed by atoms with E-state index in [0.29, 0.717) is 6.54 Å². The molecule has 0 aliphatic heterocycles. The van der Waals surface area contributed by atoms with Crippen LogP contribution in [0.25, 0.3) is 5.57 Å². The molecule has 3 nitrogen and oxygen atoms in total. The van der Waals surface area contributed by atoms with Gasteiger partial charge in [0.05, 0.1) is 0 Å². The van der Waals surface area contributed by atoms with Gasteiger partial charge in [-0.05, 0) is 35.4 Å². The van der Waals surface area contributed by atoms with E-state index in [0.717, 1.165) is 22.4 Å². The summed E-state index contributed by atoms with van der Waals surface area (Å²) in [6.07, 6.45) is 2.99. The summed E-state index contributed by atoms with van der Waals surface area (Å²) in [5.74, 6) is -0.274. The van der Waals surface area contributed by atoms with E-state index in [2.05, 4.69) is 5.32 Å². The zero-order chi connectivity index (χ0) is 14.4. The van der Waals surface area contributed by atoms with E-state index in [1.807, 2.05) is 24.3 Å². The molecule has 2 aromatic rings. The molecule has 4 heteroatoms. The van der Waals surface area contributed by atoms with Crippen LogP contribution < -0.4 is 11.1 Å². The van der Waals surface area contributed by atoms with Gasteiger partial charge in [-0.2, -0.15) is 0 Å². The molecule has 0 aliphatic carbocycles. The topological polar surface area (TPSA) is 61.9 Å². The van der Waals surface area contributed by atoms with Crippen LogP contribution in [0, 0.1) is 11.2 Å². The number of rotatable bonds is 5. The average molecular weight is 269 g/mol. The number of nitrogens with two attached hydrogens (primary N) is 1. The van der Waals surface area contributed by atoms with Crippen molar-refractivity contribution in [3.63, 3.8) is 0 Å². The minimum atomic E-state index is -0.274. The molecule has 2 rings (SSSR count). The normalized spacial score (nSPS) is 11.2. The maximum Gasteiger partial charge on any atom is 0.123 e. The summed E-state index contributed by atoms with van der Waals surface area (Å²) in [4.78, 5) is 0. The Morgan fingerprint density at radius 3 is 2.30 bits per heavy atom. The second-order valence-corrected chi connectivity index (χ2v) is 4.30. The van der Waals surface area contributed by atoms with Gasteiger partial charge < -0.3 is 16.5 Å². The molecule has 4 N–H and O–H groups in total. The Bertz CT molecular complexity index is 601. The van der Waals surface area contributed by atoms with Crippen LogP contribution in [0.5, 0.6) is 0 Å². The van der Waals surface area contributed by atoms with E-state index < -0.39 is 0 Å². The van der Waals surface area contributed by atoms with Crippen molar-refractivity contribution in [1.82, 2.24) is 0 Å². The fourth-order valence-electron chi connectivity index (χ4n) is 1.75. The first-order chi connectivity index (χ1) is 9.72. The van der Waals surface area contributed by atoms with Crippen LogP contribution >= 0.6 is 0 Å². The van der Waals surface area contributed by atoms with Gasteiger partial charge in [0.15, 0.2) is 0 Å². The largest absolute Gasteiger partial charge is 0.361 e. The zero-order valence-corrected chi connectivity index (χ0v) is 10.9. The Hall–Kier alpha value is -2.46. The van der Waals surface area contributed by atoms with Gasteiger partial charge in [0.1, 0.15) is 5.82 Å². The lowest BCUT2D eigenvalue weighted by Gasteiger charge is -2.05. The molecule has 0 fully saturated rings. The molecule has 0 aliphatic rings. The SMILES string of the molecule is N=C/C(=C\Nc1ccc(F)cc1)c1ccc(CN)cc1. The van der Waals surface area contributed by atoms with E-state index in [9.17, 15) is 4.39 Å². The third-order valence-corrected chi connectivity index (χ3v) is 2.92. The van der Waals surface area contributed by atoms with E-state index in [-0.39, 0.29) is 5.82 Å². The molecular weight excluding hydrogens is 253 g/mol. The maximum absolute atomic E-state index is 12.8. The Labute approximate surface area is 117 Å². The highest BCUT2D eigenvalue weighted by atomic mass is 19.1. The van der Waals surface area contributed by atoms with Crippen LogP contribution in [0.4, 0.5) is 10.1 Å². The molecule has 0 saturated heterocycles. The van der Waals surface area contributed by atoms with Crippen molar-refractivity contribution in [2.24, 2.45) is 5.73 Å². The number of hydrogen-bond donors (Lipinski definition) is 3. The van der Waals surface area contributed by atoms with Gasteiger partial charge in [-0.3, -0.25) is 0 Å². The molecular formula is C16H16FN3. The summed E-state index contributed by atoms with van der Waals surface area (Å²) in [6, 6.07) is 13.8. The van der Waals surface area contributed by atoms with Gasteiger partial charge in [0.25, 0.3) is 0 Å². The summed E-state index contributed by atoms with van der Waals surface area (Å²) < 4.78 is 12.8. The van der Waals surface area contributed by atoms with Crippen molar-refractivity contribution >= 4 is 17.5 Å². The van der Waals surface area contributed by atoms with Gasteiger partial charge in [0, 0.05) is 30.2 Å². The maximum atomic E-state index is 12.8. The first-order valence-corrected chi connectivity index (χ1v) is 6.25. The summed E-state index contributed by atoms with van der Waals surface area (Å²) >= 11 is 0. The first kappa shape index (κ1) is 14.0. The number of anilines is 1. The van der Waals surface area contributed by atoms with Crippen molar-refractivity contribution in [3.05, 3.63) is 71.7 Å². The van der Waals surface area contributed by atoms with Gasteiger partial charge in [-0.1, -0.05) is 24.3 Å². The summed E-state index contributed by atoms with van der Waals surface area (Å²) in [5.41, 5.74) is 9.02. The number of hydrogen-bond acceptors (Lipinski definition) is 3. The fraction of sp³-hybridized carbons (Fsp3) is 0.0625. The molecule has 0 heterocycles. The van der Waals surface area contributed by atoms with E-state index >= 15 is 0 Å². The molecule has 0 amide bonds. The van der Waals surface area contributed by atoms with Gasteiger partial charge in [-0.15, -0.1) is 0 Å². The van der Waals surface area contributed by atoms with E-state index in [1.165, 1.54) is 18.3 Å². The minimum absolute atomic E-state index is 0.274. The Morgan fingerprint density at radius 2 is 1.75 bits per heavy atom. The number of nitrogens with one attached hydrogen (secondary N) is 2. The van der Waals surface area contributed by atoms with Crippen molar-refractivity contribution in [2.75, 3.05) is 5.32 Å². The number of halogens is 1. The standard InChI is InChI=1S/C16H16FN3/c17-15-5-7-16(8-6-15)20-11-14(10-19)13-3-1-12(9-18)2-4-13/h1-8,10-11,19-20H,9,18H2/b14-11+,19-10?. The van der Waals surface area contributed by atoms with Crippen molar-refractivity contribution < 1.29 is 4.39 Å². The van der Waals surface area contributed by atoms with Crippen molar-refractivity contribution in [2.45, 2.75) is 6.54 Å². The predicted molar refractivity (Wildman–Crippen MR) is 81.1 cm³/mol. The van der Waals surface area contributed by atoms with Crippen LogP contribution in [0.1, 0.15) is 11.1 Å². The van der Waals surface area contributed by atoms with Crippen LogP contribution in [0.15, 0.2) is 54.7 Å². The lowest BCUT2D eigenvalue weighted by atomic mass is 10.1. The number of allylic oxidation sites excluding steroid dienone is 1. The molecule has 0 saturated carbocycles. The summed E-state index contributed by atoms with van der Waals surface area (Å²) in [7, 11) is 0. The minimum Gasteiger partial charge on any atom is -0.361 e. The van der Waals surface area contributed by atoms with Crippen LogP contribution in [-0.4, -0.2) is 6.21 Å². The quantitative estimate of drug-likeness (QED) is 0.729. The molecule has 0 spiro atoms. The van der Waals surface area contributed by atoms with Crippen LogP contribution in [0.2, 0.25) is 0 Å². The monoisotopic (exact) mass is 269 g/mol. The Kier molecular flexibility index (Phi) is 4.63. The van der Waals surface area contributed by atoms with Gasteiger partial charge >= 0.3 is 0 Å². The summed E-state index contributed by atoms with van der Waals surface area (Å²) in [6.45, 7) is 0.498. The molecule has 20 heavy (non-hydrogen) atoms. The Morgan fingerprint density at radius 1 is 1.10 bits per heavy atom. The smallest absolute Gasteiger partial charge is 0.123 e. The van der Waals surface area contributed by atoms with Crippen molar-refractivity contribution in [1.29, 1.82) is 5.41 Å².